The number of hydrogen-bond donors (Lipinski definition) is 1. The maximum absolute atomic E-state index is 13.9. The predicted molar refractivity (Wildman–Crippen MR) is 121 cm³/mol. The molecule has 1 unspecified atom stereocenters. The van der Waals surface area contributed by atoms with Crippen LogP contribution in [0.3, 0.4) is 0 Å². The van der Waals surface area contributed by atoms with Crippen LogP contribution in [-0.2, 0) is 23.9 Å². The SMILES string of the molecule is CCCCCN1CC=C[C@]23O[C@@]4(C)/C=C\CCCOC(=O)[C@H]4[C@H]2C(=O)N([C@H](C)CO)C3C1=O. The van der Waals surface area contributed by atoms with Crippen LogP contribution in [0.4, 0.5) is 0 Å². The predicted octanol–water partition coefficient (Wildman–Crippen LogP) is 1.82. The first-order chi connectivity index (χ1) is 15.8. The second kappa shape index (κ2) is 9.22. The summed E-state index contributed by atoms with van der Waals surface area (Å²) in [5.74, 6) is -2.77. The Labute approximate surface area is 195 Å². The van der Waals surface area contributed by atoms with Gasteiger partial charge < -0.3 is 24.4 Å². The summed E-state index contributed by atoms with van der Waals surface area (Å²) in [5, 5.41) is 9.93. The Kier molecular flexibility index (Phi) is 6.69. The second-order valence-corrected chi connectivity index (χ2v) is 9.88. The molecule has 0 aromatic rings. The molecule has 2 saturated heterocycles. The zero-order valence-corrected chi connectivity index (χ0v) is 19.9. The van der Waals surface area contributed by atoms with Crippen molar-refractivity contribution in [2.45, 2.75) is 76.2 Å². The molecule has 33 heavy (non-hydrogen) atoms. The van der Waals surface area contributed by atoms with Crippen molar-refractivity contribution in [2.24, 2.45) is 11.8 Å². The highest BCUT2D eigenvalue weighted by Crippen LogP contribution is 2.57. The Hall–Kier alpha value is -2.19. The number of allylic oxidation sites excluding steroid dienone is 1. The molecule has 2 fully saturated rings. The molecule has 0 radical (unpaired) electrons. The molecule has 0 saturated carbocycles. The van der Waals surface area contributed by atoms with Crippen LogP contribution in [-0.4, -0.2) is 82.3 Å². The van der Waals surface area contributed by atoms with E-state index >= 15 is 0 Å². The molecule has 1 N–H and O–H groups in total. The number of ether oxygens (including phenoxy) is 2. The number of amides is 2. The van der Waals surface area contributed by atoms with Crippen molar-refractivity contribution in [1.82, 2.24) is 9.80 Å². The van der Waals surface area contributed by atoms with Crippen LogP contribution in [0.1, 0.15) is 52.9 Å². The molecule has 8 nitrogen and oxygen atoms in total. The van der Waals surface area contributed by atoms with E-state index in [2.05, 4.69) is 6.92 Å². The van der Waals surface area contributed by atoms with E-state index in [4.69, 9.17) is 9.47 Å². The molecule has 0 aliphatic carbocycles. The van der Waals surface area contributed by atoms with Crippen molar-refractivity contribution in [1.29, 1.82) is 0 Å². The van der Waals surface area contributed by atoms with Gasteiger partial charge in [0.25, 0.3) is 0 Å². The molecule has 1 spiro atoms. The Morgan fingerprint density at radius 3 is 2.67 bits per heavy atom. The first-order valence-electron chi connectivity index (χ1n) is 12.2. The molecule has 8 heteroatoms. The summed E-state index contributed by atoms with van der Waals surface area (Å²) in [5.41, 5.74) is -2.37. The van der Waals surface area contributed by atoms with Crippen LogP contribution in [0.2, 0.25) is 0 Å². The summed E-state index contributed by atoms with van der Waals surface area (Å²) in [6, 6.07) is -1.53. The molecule has 4 rings (SSSR count). The van der Waals surface area contributed by atoms with E-state index in [9.17, 15) is 19.5 Å². The monoisotopic (exact) mass is 460 g/mol. The van der Waals surface area contributed by atoms with E-state index in [-0.39, 0.29) is 25.0 Å². The van der Waals surface area contributed by atoms with Crippen LogP contribution in [0.25, 0.3) is 0 Å². The van der Waals surface area contributed by atoms with Crippen molar-refractivity contribution in [3.8, 4) is 0 Å². The van der Waals surface area contributed by atoms with E-state index in [1.807, 2.05) is 24.3 Å². The van der Waals surface area contributed by atoms with Gasteiger partial charge in [0.2, 0.25) is 11.8 Å². The van der Waals surface area contributed by atoms with E-state index in [0.717, 1.165) is 25.7 Å². The van der Waals surface area contributed by atoms with Gasteiger partial charge in [-0.05, 0) is 33.1 Å². The molecule has 0 aromatic heterocycles. The topological polar surface area (TPSA) is 96.4 Å². The maximum Gasteiger partial charge on any atom is 0.313 e. The van der Waals surface area contributed by atoms with Gasteiger partial charge in [-0.1, -0.05) is 44.1 Å². The van der Waals surface area contributed by atoms with Crippen LogP contribution >= 0.6 is 0 Å². The average molecular weight is 461 g/mol. The maximum atomic E-state index is 13.9. The van der Waals surface area contributed by atoms with E-state index in [0.29, 0.717) is 19.5 Å². The number of carbonyl (C=O) groups excluding carboxylic acids is 3. The number of likely N-dealkylation sites (tertiary alicyclic amines) is 1. The highest BCUT2D eigenvalue weighted by Gasteiger charge is 2.75. The number of unbranched alkanes of at least 4 members (excludes halogenated alkanes) is 2. The summed E-state index contributed by atoms with van der Waals surface area (Å²) in [6.45, 7) is 6.64. The molecule has 4 aliphatic heterocycles. The number of aliphatic hydroxyl groups is 1. The lowest BCUT2D eigenvalue weighted by molar-refractivity contribution is -0.161. The van der Waals surface area contributed by atoms with Crippen molar-refractivity contribution in [3.63, 3.8) is 0 Å². The lowest BCUT2D eigenvalue weighted by Crippen LogP contribution is -2.58. The zero-order valence-electron chi connectivity index (χ0n) is 19.9. The van der Waals surface area contributed by atoms with Gasteiger partial charge in [0.1, 0.15) is 17.6 Å². The second-order valence-electron chi connectivity index (χ2n) is 9.88. The fraction of sp³-hybridized carbons (Fsp3) is 0.720. The number of aliphatic hydroxyl groups excluding tert-OH is 1. The van der Waals surface area contributed by atoms with Gasteiger partial charge in [-0.15, -0.1) is 0 Å². The Bertz CT molecular complexity index is 856. The third kappa shape index (κ3) is 3.81. The number of cyclic esters (lactones) is 1. The van der Waals surface area contributed by atoms with Crippen molar-refractivity contribution >= 4 is 17.8 Å². The highest BCUT2D eigenvalue weighted by atomic mass is 16.6. The van der Waals surface area contributed by atoms with Crippen LogP contribution in [0.5, 0.6) is 0 Å². The first kappa shape index (κ1) is 24.0. The van der Waals surface area contributed by atoms with Gasteiger partial charge in [-0.3, -0.25) is 14.4 Å². The third-order valence-electron chi connectivity index (χ3n) is 7.54. The molecular weight excluding hydrogens is 424 g/mol. The molecule has 4 heterocycles. The zero-order chi connectivity index (χ0) is 23.8. The number of fused-ring (bicyclic) bond motifs is 2. The minimum atomic E-state index is -1.29. The van der Waals surface area contributed by atoms with Crippen LogP contribution in [0, 0.1) is 11.8 Å². The van der Waals surface area contributed by atoms with Gasteiger partial charge in [-0.2, -0.15) is 0 Å². The number of rotatable bonds is 6. The third-order valence-corrected chi connectivity index (χ3v) is 7.54. The Morgan fingerprint density at radius 2 is 1.94 bits per heavy atom. The fourth-order valence-corrected chi connectivity index (χ4v) is 5.94. The normalized spacial score (nSPS) is 37.9. The fourth-order valence-electron chi connectivity index (χ4n) is 5.94. The number of nitrogens with zero attached hydrogens (tertiary/aromatic N) is 2. The Morgan fingerprint density at radius 1 is 1.15 bits per heavy atom. The molecule has 6 atom stereocenters. The number of esters is 1. The van der Waals surface area contributed by atoms with Crippen molar-refractivity contribution in [3.05, 3.63) is 24.3 Å². The summed E-state index contributed by atoms with van der Waals surface area (Å²) >= 11 is 0. The van der Waals surface area contributed by atoms with Gasteiger partial charge in [0, 0.05) is 13.1 Å². The smallest absolute Gasteiger partial charge is 0.313 e. The number of hydrogen-bond acceptors (Lipinski definition) is 6. The molecule has 2 amide bonds. The standard InChI is InChI=1S/C25H36N2O6/c1-4-5-8-13-26-14-10-12-25-18(21(29)27(17(2)16-28)20(25)22(26)30)19-23(31)32-15-9-6-7-11-24(19,3)33-25/h7,10-12,17-20,28H,4-6,8-9,13-16H2,1-3H3/b11-7-/t17-,18+,19-,20?,24+,25+/m1/s1. The molecule has 4 aliphatic rings. The van der Waals surface area contributed by atoms with Gasteiger partial charge >= 0.3 is 5.97 Å². The van der Waals surface area contributed by atoms with E-state index in [1.165, 1.54) is 4.90 Å². The van der Waals surface area contributed by atoms with Crippen LogP contribution < -0.4 is 0 Å². The largest absolute Gasteiger partial charge is 0.465 e. The molecular formula is C25H36N2O6. The summed E-state index contributed by atoms with van der Waals surface area (Å²) in [4.78, 5) is 44.3. The van der Waals surface area contributed by atoms with Crippen molar-refractivity contribution in [2.75, 3.05) is 26.3 Å². The lowest BCUT2D eigenvalue weighted by Gasteiger charge is -2.39. The molecule has 0 aromatic carbocycles. The molecule has 0 bridgehead atoms. The van der Waals surface area contributed by atoms with E-state index in [1.54, 1.807) is 18.7 Å². The Balaban J connectivity index is 1.81. The van der Waals surface area contributed by atoms with E-state index < -0.39 is 41.1 Å². The first-order valence-corrected chi connectivity index (χ1v) is 12.2. The minimum absolute atomic E-state index is 0.195. The lowest BCUT2D eigenvalue weighted by atomic mass is 9.74. The van der Waals surface area contributed by atoms with Crippen molar-refractivity contribution < 1.29 is 29.0 Å². The van der Waals surface area contributed by atoms with Gasteiger partial charge in [0.05, 0.1) is 30.8 Å². The quantitative estimate of drug-likeness (QED) is 0.369. The van der Waals surface area contributed by atoms with Gasteiger partial charge in [-0.25, -0.2) is 0 Å². The highest BCUT2D eigenvalue weighted by molar-refractivity contribution is 5.99. The van der Waals surface area contributed by atoms with Crippen LogP contribution in [0.15, 0.2) is 24.3 Å². The van der Waals surface area contributed by atoms with Gasteiger partial charge in [0.15, 0.2) is 0 Å². The molecule has 182 valence electrons. The summed E-state index contributed by atoms with van der Waals surface area (Å²) in [6.07, 6.45) is 11.9. The number of carbonyl (C=O) groups is 3. The minimum Gasteiger partial charge on any atom is -0.465 e. The summed E-state index contributed by atoms with van der Waals surface area (Å²) < 4.78 is 12.2. The summed E-state index contributed by atoms with van der Waals surface area (Å²) in [7, 11) is 0. The average Bonchev–Trinajstić information content (AvgIpc) is 3.15.